The van der Waals surface area contributed by atoms with Gasteiger partial charge in [-0.05, 0) is 11.1 Å². The molecule has 0 radical (unpaired) electrons. The molecular formula is C14H12N2S. The zero-order valence-electron chi connectivity index (χ0n) is 9.19. The topological polar surface area (TPSA) is 36.4 Å². The summed E-state index contributed by atoms with van der Waals surface area (Å²) in [4.78, 5) is 3.22. The van der Waals surface area contributed by atoms with Crippen molar-refractivity contribution in [3.63, 3.8) is 0 Å². The lowest BCUT2D eigenvalue weighted by Gasteiger charge is -2.11. The highest BCUT2D eigenvalue weighted by molar-refractivity contribution is 7.96. The molecule has 2 nitrogen and oxygen atoms in total. The van der Waals surface area contributed by atoms with E-state index in [1.165, 1.54) is 0 Å². The molecule has 0 saturated heterocycles. The maximum Gasteiger partial charge on any atom is 0.334 e. The number of benzene rings is 2. The Balaban J connectivity index is 2.51. The highest BCUT2D eigenvalue weighted by Gasteiger charge is 2.23. The van der Waals surface area contributed by atoms with Gasteiger partial charge in [0.2, 0.25) is 0 Å². The van der Waals surface area contributed by atoms with Crippen LogP contribution in [0.3, 0.4) is 0 Å². The van der Waals surface area contributed by atoms with Gasteiger partial charge in [0, 0.05) is 0 Å². The molecule has 84 valence electrons. The summed E-state index contributed by atoms with van der Waals surface area (Å²) in [6.07, 6.45) is 0. The van der Waals surface area contributed by atoms with Gasteiger partial charge in [-0.3, -0.25) is 0 Å². The molecule has 0 amide bonds. The summed E-state index contributed by atoms with van der Waals surface area (Å²) in [5.74, 6) is -0.120. The van der Waals surface area contributed by atoms with Gasteiger partial charge in [0.25, 0.3) is 0 Å². The average molecular weight is 240 g/mol. The molecule has 2 rings (SSSR count). The Morgan fingerprint density at radius 3 is 1.65 bits per heavy atom. The second-order valence-corrected chi connectivity index (χ2v) is 4.17. The molecule has 0 saturated carbocycles. The summed E-state index contributed by atoms with van der Waals surface area (Å²) in [6.45, 7) is 0. The maximum atomic E-state index is 8.94. The first kappa shape index (κ1) is 11.6. The Kier molecular flexibility index (Phi) is 3.76. The third kappa shape index (κ3) is 2.64. The van der Waals surface area contributed by atoms with Crippen LogP contribution in [0, 0.1) is 0 Å². The number of hydrogen-bond donors (Lipinski definition) is 1. The molecule has 0 N–H and O–H groups in total. The molecule has 0 spiro atoms. The van der Waals surface area contributed by atoms with Crippen molar-refractivity contribution in [1.82, 2.24) is 0 Å². The molecule has 0 aliphatic carbocycles. The van der Waals surface area contributed by atoms with E-state index in [0.29, 0.717) is 5.04 Å². The summed E-state index contributed by atoms with van der Waals surface area (Å²) in [7, 11) is 0. The summed E-state index contributed by atoms with van der Waals surface area (Å²) >= 11 is 4.25. The van der Waals surface area contributed by atoms with Crippen LogP contribution in [0.25, 0.3) is 5.53 Å². The van der Waals surface area contributed by atoms with E-state index >= 15 is 0 Å². The highest BCUT2D eigenvalue weighted by atomic mass is 32.1. The molecule has 0 aliphatic rings. The van der Waals surface area contributed by atoms with Crippen LogP contribution in [0.2, 0.25) is 0 Å². The Hall–Kier alpha value is -1.83. The lowest BCUT2D eigenvalue weighted by Crippen LogP contribution is -2.09. The Morgan fingerprint density at radius 2 is 1.29 bits per heavy atom. The zero-order valence-corrected chi connectivity index (χ0v) is 10.1. The molecule has 0 atom stereocenters. The molecule has 3 heteroatoms. The van der Waals surface area contributed by atoms with Crippen molar-refractivity contribution < 1.29 is 4.79 Å². The van der Waals surface area contributed by atoms with E-state index in [1.807, 2.05) is 60.7 Å². The van der Waals surface area contributed by atoms with Gasteiger partial charge in [-0.15, -0.1) is 0 Å². The SMILES string of the molecule is [N-]=[N+]=C(S)C(c1ccccc1)c1ccccc1. The first-order valence-electron chi connectivity index (χ1n) is 5.33. The van der Waals surface area contributed by atoms with Crippen molar-refractivity contribution in [3.8, 4) is 0 Å². The van der Waals surface area contributed by atoms with Crippen molar-refractivity contribution >= 4 is 17.7 Å². The fraction of sp³-hybridized carbons (Fsp3) is 0.0714. The predicted octanol–water partition coefficient (Wildman–Crippen LogP) is 3.38. The van der Waals surface area contributed by atoms with E-state index in [9.17, 15) is 0 Å². The third-order valence-corrected chi connectivity index (χ3v) is 2.97. The predicted molar refractivity (Wildman–Crippen MR) is 72.3 cm³/mol. The van der Waals surface area contributed by atoms with E-state index in [2.05, 4.69) is 17.4 Å². The van der Waals surface area contributed by atoms with E-state index in [1.54, 1.807) is 0 Å². The summed E-state index contributed by atoms with van der Waals surface area (Å²) in [6, 6.07) is 19.8. The highest BCUT2D eigenvalue weighted by Crippen LogP contribution is 2.26. The van der Waals surface area contributed by atoms with Crippen LogP contribution in [0.5, 0.6) is 0 Å². The van der Waals surface area contributed by atoms with Crippen LogP contribution in [0.1, 0.15) is 17.0 Å². The van der Waals surface area contributed by atoms with Crippen molar-refractivity contribution in [3.05, 3.63) is 77.3 Å². The van der Waals surface area contributed by atoms with Crippen LogP contribution < -0.4 is 0 Å². The Labute approximate surface area is 106 Å². The summed E-state index contributed by atoms with van der Waals surface area (Å²) < 4.78 is 0. The smallest absolute Gasteiger partial charge is 0.334 e. The molecule has 0 heterocycles. The average Bonchev–Trinajstić information content (AvgIpc) is 2.41. The van der Waals surface area contributed by atoms with Crippen LogP contribution in [-0.4, -0.2) is 9.83 Å². The van der Waals surface area contributed by atoms with Crippen molar-refractivity contribution in [1.29, 1.82) is 0 Å². The second kappa shape index (κ2) is 5.48. The molecule has 0 aliphatic heterocycles. The van der Waals surface area contributed by atoms with Gasteiger partial charge in [-0.1, -0.05) is 73.3 Å². The molecule has 2 aromatic carbocycles. The minimum atomic E-state index is -0.120. The molecular weight excluding hydrogens is 228 g/mol. The number of rotatable bonds is 3. The van der Waals surface area contributed by atoms with Gasteiger partial charge < -0.3 is 5.53 Å². The van der Waals surface area contributed by atoms with Crippen molar-refractivity contribution in [2.75, 3.05) is 0 Å². The molecule has 17 heavy (non-hydrogen) atoms. The lowest BCUT2D eigenvalue weighted by molar-refractivity contribution is -0.00277. The first-order chi connectivity index (χ1) is 8.33. The Bertz CT molecular complexity index is 491. The molecule has 0 aromatic heterocycles. The van der Waals surface area contributed by atoms with Gasteiger partial charge in [0.1, 0.15) is 5.92 Å². The number of thiol groups is 1. The third-order valence-electron chi connectivity index (χ3n) is 2.63. The Morgan fingerprint density at radius 1 is 0.882 bits per heavy atom. The zero-order chi connectivity index (χ0) is 12.1. The van der Waals surface area contributed by atoms with Gasteiger partial charge >= 0.3 is 5.04 Å². The lowest BCUT2D eigenvalue weighted by atomic mass is 9.92. The van der Waals surface area contributed by atoms with Gasteiger partial charge in [0.05, 0.1) is 0 Å². The minimum Gasteiger partial charge on any atom is -0.361 e. The van der Waals surface area contributed by atoms with Gasteiger partial charge in [-0.25, -0.2) is 0 Å². The molecule has 0 unspecified atom stereocenters. The monoisotopic (exact) mass is 240 g/mol. The quantitative estimate of drug-likeness (QED) is 0.281. The van der Waals surface area contributed by atoms with E-state index in [0.717, 1.165) is 11.1 Å². The molecule has 2 aromatic rings. The van der Waals surface area contributed by atoms with Crippen LogP contribution >= 0.6 is 12.6 Å². The fourth-order valence-corrected chi connectivity index (χ4v) is 2.14. The van der Waals surface area contributed by atoms with Crippen molar-refractivity contribution in [2.45, 2.75) is 5.92 Å². The standard InChI is InChI=1S/C14H12N2S/c15-16-14(17)13(11-7-3-1-4-8-11)12-9-5-2-6-10-12/h1-10,13,17H. The van der Waals surface area contributed by atoms with E-state index in [4.69, 9.17) is 5.53 Å². The number of hydrogen-bond acceptors (Lipinski definition) is 0. The van der Waals surface area contributed by atoms with E-state index in [-0.39, 0.29) is 5.92 Å². The largest absolute Gasteiger partial charge is 0.361 e. The number of nitrogens with zero attached hydrogens (tertiary/aromatic N) is 2. The minimum absolute atomic E-state index is 0.120. The summed E-state index contributed by atoms with van der Waals surface area (Å²) in [5, 5.41) is 0.391. The molecule has 0 fully saturated rings. The van der Waals surface area contributed by atoms with Crippen LogP contribution in [0.4, 0.5) is 0 Å². The normalized spacial score (nSPS) is 10.0. The fourth-order valence-electron chi connectivity index (χ4n) is 1.84. The maximum absolute atomic E-state index is 8.94. The molecule has 0 bridgehead atoms. The van der Waals surface area contributed by atoms with Gasteiger partial charge in [0.15, 0.2) is 0 Å². The van der Waals surface area contributed by atoms with Crippen LogP contribution in [0.15, 0.2) is 60.7 Å². The van der Waals surface area contributed by atoms with E-state index < -0.39 is 0 Å². The first-order valence-corrected chi connectivity index (χ1v) is 5.78. The summed E-state index contributed by atoms with van der Waals surface area (Å²) in [5.41, 5.74) is 11.1. The van der Waals surface area contributed by atoms with Crippen LogP contribution in [-0.2, 0) is 0 Å². The second-order valence-electron chi connectivity index (χ2n) is 3.71. The van der Waals surface area contributed by atoms with Gasteiger partial charge in [-0.2, -0.15) is 4.79 Å². The van der Waals surface area contributed by atoms with Crippen molar-refractivity contribution in [2.24, 2.45) is 0 Å².